The topological polar surface area (TPSA) is 103 Å². The first-order valence-corrected chi connectivity index (χ1v) is 6.70. The van der Waals surface area contributed by atoms with E-state index < -0.39 is 17.7 Å². The van der Waals surface area contributed by atoms with E-state index in [2.05, 4.69) is 5.32 Å². The SMILES string of the molecule is COc1cc(NC(=O)OC(C)(C)C)c(C(=O)O)c(OC)c1OC. The zero-order valence-electron chi connectivity index (χ0n) is 14.0. The second-order valence-corrected chi connectivity index (χ2v) is 5.50. The quantitative estimate of drug-likeness (QED) is 0.857. The van der Waals surface area contributed by atoms with Crippen molar-refractivity contribution in [2.75, 3.05) is 26.6 Å². The highest BCUT2D eigenvalue weighted by molar-refractivity contribution is 6.03. The van der Waals surface area contributed by atoms with Gasteiger partial charge < -0.3 is 24.1 Å². The Bertz CT molecular complexity index is 605. The van der Waals surface area contributed by atoms with Crippen LogP contribution in [0.1, 0.15) is 31.1 Å². The lowest BCUT2D eigenvalue weighted by Crippen LogP contribution is -2.28. The lowest BCUT2D eigenvalue weighted by atomic mass is 10.1. The molecule has 0 aliphatic heterocycles. The third kappa shape index (κ3) is 4.41. The van der Waals surface area contributed by atoms with E-state index in [1.807, 2.05) is 0 Å². The van der Waals surface area contributed by atoms with Gasteiger partial charge in [-0.05, 0) is 20.8 Å². The molecule has 0 aromatic heterocycles. The molecule has 0 radical (unpaired) electrons. The predicted octanol–water partition coefficient (Wildman–Crippen LogP) is 2.76. The number of carboxylic acids is 1. The number of carboxylic acid groups (broad SMARTS) is 1. The van der Waals surface area contributed by atoms with Gasteiger partial charge in [-0.1, -0.05) is 0 Å². The zero-order chi connectivity index (χ0) is 17.8. The summed E-state index contributed by atoms with van der Waals surface area (Å²) in [4.78, 5) is 23.5. The van der Waals surface area contributed by atoms with E-state index in [-0.39, 0.29) is 28.5 Å². The van der Waals surface area contributed by atoms with Gasteiger partial charge in [0.15, 0.2) is 11.5 Å². The van der Waals surface area contributed by atoms with Gasteiger partial charge in [0.1, 0.15) is 11.2 Å². The van der Waals surface area contributed by atoms with Crippen LogP contribution in [0.2, 0.25) is 0 Å². The van der Waals surface area contributed by atoms with Crippen LogP contribution in [0, 0.1) is 0 Å². The van der Waals surface area contributed by atoms with Gasteiger partial charge in [0.05, 0.1) is 27.0 Å². The first-order chi connectivity index (χ1) is 10.6. The number of carbonyl (C=O) groups is 2. The van der Waals surface area contributed by atoms with Gasteiger partial charge in [0, 0.05) is 6.07 Å². The fourth-order valence-corrected chi connectivity index (χ4v) is 1.88. The summed E-state index contributed by atoms with van der Waals surface area (Å²) in [6, 6.07) is 1.33. The van der Waals surface area contributed by atoms with Crippen LogP contribution in [0.15, 0.2) is 6.07 Å². The molecule has 0 aliphatic carbocycles. The van der Waals surface area contributed by atoms with E-state index in [0.29, 0.717) is 0 Å². The average molecular weight is 327 g/mol. The lowest BCUT2D eigenvalue weighted by Gasteiger charge is -2.21. The number of benzene rings is 1. The molecule has 0 spiro atoms. The Morgan fingerprint density at radius 1 is 1.04 bits per heavy atom. The molecule has 0 aliphatic rings. The van der Waals surface area contributed by atoms with Crippen molar-refractivity contribution in [2.45, 2.75) is 26.4 Å². The summed E-state index contributed by atoms with van der Waals surface area (Å²) in [5.74, 6) is -1.04. The Hall–Kier alpha value is -2.64. The molecule has 0 fully saturated rings. The highest BCUT2D eigenvalue weighted by Gasteiger charge is 2.27. The summed E-state index contributed by atoms with van der Waals surface area (Å²) in [5.41, 5.74) is -1.02. The number of hydrogen-bond acceptors (Lipinski definition) is 6. The van der Waals surface area contributed by atoms with Crippen LogP contribution in [0.25, 0.3) is 0 Å². The molecule has 0 saturated heterocycles. The second kappa shape index (κ2) is 7.08. The van der Waals surface area contributed by atoms with Crippen molar-refractivity contribution < 1.29 is 33.6 Å². The fourth-order valence-electron chi connectivity index (χ4n) is 1.88. The minimum absolute atomic E-state index is 0.0266. The number of methoxy groups -OCH3 is 3. The molecule has 0 saturated carbocycles. The number of hydrogen-bond donors (Lipinski definition) is 2. The summed E-state index contributed by atoms with van der Waals surface area (Å²) in [7, 11) is 4.03. The van der Waals surface area contributed by atoms with Crippen LogP contribution in [0.3, 0.4) is 0 Å². The molecule has 23 heavy (non-hydrogen) atoms. The smallest absolute Gasteiger partial charge is 0.412 e. The van der Waals surface area contributed by atoms with Crippen LogP contribution in [-0.2, 0) is 4.74 Å². The molecule has 128 valence electrons. The zero-order valence-corrected chi connectivity index (χ0v) is 14.0. The van der Waals surface area contributed by atoms with Gasteiger partial charge in [-0.2, -0.15) is 0 Å². The number of carbonyl (C=O) groups excluding carboxylic acids is 1. The van der Waals surface area contributed by atoms with Crippen molar-refractivity contribution in [1.29, 1.82) is 0 Å². The maximum absolute atomic E-state index is 11.9. The molecule has 1 aromatic carbocycles. The fraction of sp³-hybridized carbons (Fsp3) is 0.467. The number of amides is 1. The minimum atomic E-state index is -1.30. The van der Waals surface area contributed by atoms with Crippen molar-refractivity contribution >= 4 is 17.7 Å². The van der Waals surface area contributed by atoms with E-state index in [1.54, 1.807) is 20.8 Å². The number of nitrogens with one attached hydrogen (secondary N) is 1. The average Bonchev–Trinajstić information content (AvgIpc) is 2.42. The van der Waals surface area contributed by atoms with Crippen molar-refractivity contribution in [3.8, 4) is 17.2 Å². The Kier molecular flexibility index (Phi) is 5.67. The van der Waals surface area contributed by atoms with Crippen LogP contribution < -0.4 is 19.5 Å². The summed E-state index contributed by atoms with van der Waals surface area (Å²) >= 11 is 0. The maximum Gasteiger partial charge on any atom is 0.412 e. The molecule has 0 atom stereocenters. The Morgan fingerprint density at radius 2 is 1.61 bits per heavy atom. The van der Waals surface area contributed by atoms with E-state index in [4.69, 9.17) is 18.9 Å². The van der Waals surface area contributed by atoms with Crippen LogP contribution in [0.5, 0.6) is 17.2 Å². The van der Waals surface area contributed by atoms with Crippen molar-refractivity contribution in [2.24, 2.45) is 0 Å². The molecule has 1 aromatic rings. The summed E-state index contributed by atoms with van der Waals surface area (Å²) < 4.78 is 20.5. The van der Waals surface area contributed by atoms with E-state index in [9.17, 15) is 14.7 Å². The van der Waals surface area contributed by atoms with Gasteiger partial charge in [0.25, 0.3) is 0 Å². The van der Waals surface area contributed by atoms with Crippen LogP contribution in [0.4, 0.5) is 10.5 Å². The monoisotopic (exact) mass is 327 g/mol. The predicted molar refractivity (Wildman–Crippen MR) is 82.9 cm³/mol. The number of ether oxygens (including phenoxy) is 4. The molecule has 8 heteroatoms. The molecule has 2 N–H and O–H groups in total. The van der Waals surface area contributed by atoms with E-state index >= 15 is 0 Å². The number of rotatable bonds is 5. The minimum Gasteiger partial charge on any atom is -0.493 e. The first-order valence-electron chi connectivity index (χ1n) is 6.70. The van der Waals surface area contributed by atoms with Gasteiger partial charge in [-0.3, -0.25) is 5.32 Å². The molecule has 0 bridgehead atoms. The Morgan fingerprint density at radius 3 is 2.00 bits per heavy atom. The number of aromatic carboxylic acids is 1. The summed E-state index contributed by atoms with van der Waals surface area (Å²) in [5, 5.41) is 11.8. The third-order valence-electron chi connectivity index (χ3n) is 2.68. The molecule has 8 nitrogen and oxygen atoms in total. The molecule has 0 heterocycles. The van der Waals surface area contributed by atoms with Crippen molar-refractivity contribution in [3.05, 3.63) is 11.6 Å². The molecular weight excluding hydrogens is 306 g/mol. The molecular formula is C15H21NO7. The molecule has 0 unspecified atom stereocenters. The maximum atomic E-state index is 11.9. The van der Waals surface area contributed by atoms with Crippen molar-refractivity contribution in [1.82, 2.24) is 0 Å². The first kappa shape index (κ1) is 18.4. The summed E-state index contributed by atoms with van der Waals surface area (Å²) in [6.07, 6.45) is -0.797. The highest BCUT2D eigenvalue weighted by Crippen LogP contribution is 2.44. The highest BCUT2D eigenvalue weighted by atomic mass is 16.6. The van der Waals surface area contributed by atoms with Gasteiger partial charge in [0.2, 0.25) is 5.75 Å². The molecule has 1 amide bonds. The summed E-state index contributed by atoms with van der Waals surface area (Å²) in [6.45, 7) is 5.08. The van der Waals surface area contributed by atoms with Gasteiger partial charge in [-0.25, -0.2) is 9.59 Å². The standard InChI is InChI=1S/C15H21NO7/c1-15(2,3)23-14(19)16-8-7-9(20-4)11(21-5)12(22-6)10(8)13(17)18/h7H,1-6H3,(H,16,19)(H,17,18). The van der Waals surface area contributed by atoms with Gasteiger partial charge in [-0.15, -0.1) is 0 Å². The van der Waals surface area contributed by atoms with Gasteiger partial charge >= 0.3 is 12.1 Å². The van der Waals surface area contributed by atoms with Crippen molar-refractivity contribution in [3.63, 3.8) is 0 Å². The van der Waals surface area contributed by atoms with E-state index in [1.165, 1.54) is 27.4 Å². The Balaban J connectivity index is 3.40. The second-order valence-electron chi connectivity index (χ2n) is 5.50. The van der Waals surface area contributed by atoms with Crippen LogP contribution >= 0.6 is 0 Å². The normalized spacial score (nSPS) is 10.7. The Labute approximate surface area is 134 Å². The number of anilines is 1. The van der Waals surface area contributed by atoms with Crippen LogP contribution in [-0.4, -0.2) is 44.1 Å². The largest absolute Gasteiger partial charge is 0.493 e. The lowest BCUT2D eigenvalue weighted by molar-refractivity contribution is 0.0636. The van der Waals surface area contributed by atoms with E-state index in [0.717, 1.165) is 0 Å². The molecule has 1 rings (SSSR count). The third-order valence-corrected chi connectivity index (χ3v) is 2.68.